The fourth-order valence-electron chi connectivity index (χ4n) is 1.14. The van der Waals surface area contributed by atoms with Crippen LogP contribution in [0.2, 0.25) is 0 Å². The summed E-state index contributed by atoms with van der Waals surface area (Å²) in [7, 11) is 1.06. The minimum Gasteiger partial charge on any atom is -0.464 e. The molecule has 7 heteroatoms. The molecule has 1 heterocycles. The van der Waals surface area contributed by atoms with E-state index in [1.54, 1.807) is 0 Å². The number of alkyl halides is 2. The number of aromatic nitrogens is 1. The summed E-state index contributed by atoms with van der Waals surface area (Å²) in [5, 5.41) is 8.73. The molecular weight excluding hydrogens is 220 g/mol. The molecule has 0 spiro atoms. The fraction of sp³-hybridized carbons (Fsp3) is 0.222. The number of hydrogen-bond donors (Lipinski definition) is 1. The molecule has 1 aromatic rings. The van der Waals surface area contributed by atoms with Crippen LogP contribution in [0.1, 0.15) is 28.0 Å². The van der Waals surface area contributed by atoms with Crippen LogP contribution in [0, 0.1) is 11.3 Å². The number of nitriles is 1. The van der Waals surface area contributed by atoms with Crippen molar-refractivity contribution in [3.8, 4) is 6.07 Å². The highest BCUT2D eigenvalue weighted by atomic mass is 19.3. The highest BCUT2D eigenvalue weighted by Crippen LogP contribution is 2.29. The van der Waals surface area contributed by atoms with Crippen molar-refractivity contribution in [3.63, 3.8) is 0 Å². The molecule has 5 nitrogen and oxygen atoms in total. The summed E-state index contributed by atoms with van der Waals surface area (Å²) >= 11 is 0. The number of carbonyl (C=O) groups is 1. The number of hydrogen-bond acceptors (Lipinski definition) is 5. The predicted molar refractivity (Wildman–Crippen MR) is 49.7 cm³/mol. The lowest BCUT2D eigenvalue weighted by Gasteiger charge is -2.08. The lowest BCUT2D eigenvalue weighted by atomic mass is 10.1. The van der Waals surface area contributed by atoms with Gasteiger partial charge in [-0.2, -0.15) is 5.26 Å². The largest absolute Gasteiger partial charge is 0.464 e. The van der Waals surface area contributed by atoms with Crippen molar-refractivity contribution in [1.82, 2.24) is 4.98 Å². The molecule has 0 bridgehead atoms. The van der Waals surface area contributed by atoms with E-state index in [0.29, 0.717) is 0 Å². The van der Waals surface area contributed by atoms with Crippen LogP contribution in [0.15, 0.2) is 6.20 Å². The summed E-state index contributed by atoms with van der Waals surface area (Å²) < 4.78 is 29.5. The van der Waals surface area contributed by atoms with Crippen LogP contribution >= 0.6 is 0 Å². The number of nitrogens with zero attached hydrogens (tertiary/aromatic N) is 2. The molecule has 0 radical (unpaired) electrons. The second kappa shape index (κ2) is 4.53. The third-order valence-electron chi connectivity index (χ3n) is 1.86. The average Bonchev–Trinajstić information content (AvgIpc) is 2.26. The van der Waals surface area contributed by atoms with E-state index < -0.39 is 29.2 Å². The molecule has 16 heavy (non-hydrogen) atoms. The van der Waals surface area contributed by atoms with Gasteiger partial charge >= 0.3 is 5.97 Å². The highest BCUT2D eigenvalue weighted by Gasteiger charge is 2.24. The van der Waals surface area contributed by atoms with Gasteiger partial charge in [-0.15, -0.1) is 0 Å². The van der Waals surface area contributed by atoms with E-state index >= 15 is 0 Å². The van der Waals surface area contributed by atoms with Gasteiger partial charge in [0.25, 0.3) is 6.43 Å². The van der Waals surface area contributed by atoms with Gasteiger partial charge in [0.05, 0.1) is 30.1 Å². The van der Waals surface area contributed by atoms with Crippen LogP contribution in [0.3, 0.4) is 0 Å². The molecule has 2 N–H and O–H groups in total. The number of carbonyl (C=O) groups excluding carboxylic acids is 1. The van der Waals surface area contributed by atoms with E-state index in [-0.39, 0.29) is 5.69 Å². The molecule has 0 saturated heterocycles. The number of rotatable bonds is 2. The fourth-order valence-corrected chi connectivity index (χ4v) is 1.14. The first-order valence-electron chi connectivity index (χ1n) is 4.07. The van der Waals surface area contributed by atoms with Gasteiger partial charge in [-0.3, -0.25) is 0 Å². The molecule has 1 rings (SSSR count). The second-order valence-corrected chi connectivity index (χ2v) is 2.75. The van der Waals surface area contributed by atoms with E-state index in [9.17, 15) is 13.6 Å². The van der Waals surface area contributed by atoms with Gasteiger partial charge in [0.1, 0.15) is 6.07 Å². The van der Waals surface area contributed by atoms with Crippen molar-refractivity contribution >= 4 is 11.7 Å². The highest BCUT2D eigenvalue weighted by molar-refractivity contribution is 5.91. The minimum absolute atomic E-state index is 0.334. The van der Waals surface area contributed by atoms with E-state index in [0.717, 1.165) is 13.3 Å². The van der Waals surface area contributed by atoms with Gasteiger partial charge in [0, 0.05) is 0 Å². The van der Waals surface area contributed by atoms with Crippen LogP contribution in [0.4, 0.5) is 14.5 Å². The summed E-state index contributed by atoms with van der Waals surface area (Å²) in [6.45, 7) is 0. The van der Waals surface area contributed by atoms with Crippen molar-refractivity contribution in [1.29, 1.82) is 5.26 Å². The molecule has 0 aliphatic carbocycles. The number of pyridine rings is 1. The Labute approximate surface area is 89.4 Å². The van der Waals surface area contributed by atoms with Gasteiger partial charge in [0.2, 0.25) is 0 Å². The lowest BCUT2D eigenvalue weighted by molar-refractivity contribution is 0.0593. The maximum absolute atomic E-state index is 12.6. The molecule has 0 aliphatic rings. The number of halogens is 2. The zero-order chi connectivity index (χ0) is 12.3. The van der Waals surface area contributed by atoms with Crippen LogP contribution in [0.5, 0.6) is 0 Å². The normalized spacial score (nSPS) is 9.94. The number of ether oxygens (including phenoxy) is 1. The lowest BCUT2D eigenvalue weighted by Crippen LogP contribution is -2.11. The van der Waals surface area contributed by atoms with Crippen LogP contribution in [0.25, 0.3) is 0 Å². The molecule has 1 aromatic heterocycles. The summed E-state index contributed by atoms with van der Waals surface area (Å²) in [6, 6.07) is 1.48. The van der Waals surface area contributed by atoms with Crippen LogP contribution in [-0.4, -0.2) is 18.1 Å². The average molecular weight is 227 g/mol. The molecule has 0 amide bonds. The Bertz CT molecular complexity index is 469. The Morgan fingerprint density at radius 2 is 2.31 bits per heavy atom. The van der Waals surface area contributed by atoms with Crippen molar-refractivity contribution in [2.45, 2.75) is 6.43 Å². The van der Waals surface area contributed by atoms with Gasteiger partial charge in [-0.1, -0.05) is 0 Å². The van der Waals surface area contributed by atoms with Crippen molar-refractivity contribution in [3.05, 3.63) is 23.0 Å². The molecule has 0 aliphatic heterocycles. The van der Waals surface area contributed by atoms with Crippen LogP contribution in [-0.2, 0) is 4.74 Å². The third kappa shape index (κ3) is 1.91. The quantitative estimate of drug-likeness (QED) is 0.768. The molecule has 0 saturated carbocycles. The molecule has 0 fully saturated rings. The summed E-state index contributed by atoms with van der Waals surface area (Å²) in [5.74, 6) is -0.960. The smallest absolute Gasteiger partial charge is 0.358 e. The Morgan fingerprint density at radius 1 is 1.69 bits per heavy atom. The maximum atomic E-state index is 12.6. The Kier molecular flexibility index (Phi) is 3.35. The van der Waals surface area contributed by atoms with Crippen molar-refractivity contribution in [2.75, 3.05) is 12.8 Å². The number of anilines is 1. The number of nitrogen functional groups attached to an aromatic ring is 1. The summed E-state index contributed by atoms with van der Waals surface area (Å²) in [5.41, 5.74) is 3.21. The maximum Gasteiger partial charge on any atom is 0.358 e. The van der Waals surface area contributed by atoms with E-state index in [1.807, 2.05) is 0 Å². The molecule has 0 aromatic carbocycles. The first-order valence-corrected chi connectivity index (χ1v) is 4.07. The zero-order valence-electron chi connectivity index (χ0n) is 8.20. The van der Waals surface area contributed by atoms with Gasteiger partial charge in [-0.25, -0.2) is 18.6 Å². The second-order valence-electron chi connectivity index (χ2n) is 2.75. The minimum atomic E-state index is -2.96. The zero-order valence-corrected chi connectivity index (χ0v) is 8.20. The third-order valence-corrected chi connectivity index (χ3v) is 1.86. The number of methoxy groups -OCH3 is 1. The first-order chi connectivity index (χ1) is 7.52. The molecule has 0 atom stereocenters. The molecular formula is C9H7F2N3O2. The van der Waals surface area contributed by atoms with E-state index in [4.69, 9.17) is 11.0 Å². The van der Waals surface area contributed by atoms with Crippen molar-refractivity contribution in [2.24, 2.45) is 0 Å². The Balaban J connectivity index is 3.51. The SMILES string of the molecule is COC(=O)c1ncc(N)c(C(F)F)c1C#N. The Morgan fingerprint density at radius 3 is 2.75 bits per heavy atom. The first kappa shape index (κ1) is 11.8. The Hall–Kier alpha value is -2.23. The topological polar surface area (TPSA) is 89.0 Å². The number of esters is 1. The van der Waals surface area contributed by atoms with Gasteiger partial charge < -0.3 is 10.5 Å². The van der Waals surface area contributed by atoms with Crippen LogP contribution < -0.4 is 5.73 Å². The van der Waals surface area contributed by atoms with E-state index in [1.165, 1.54) is 6.07 Å². The number of nitrogens with two attached hydrogens (primary N) is 1. The van der Waals surface area contributed by atoms with E-state index in [2.05, 4.69) is 9.72 Å². The molecule has 84 valence electrons. The standard InChI is InChI=1S/C9H7F2N3O2/c1-16-9(15)7-4(2-12)6(8(10)11)5(13)3-14-7/h3,8H,13H2,1H3. The summed E-state index contributed by atoms with van der Waals surface area (Å²) in [6.07, 6.45) is -2.06. The van der Waals surface area contributed by atoms with Crippen molar-refractivity contribution < 1.29 is 18.3 Å². The van der Waals surface area contributed by atoms with Gasteiger partial charge in [-0.05, 0) is 0 Å². The molecule has 0 unspecified atom stereocenters. The summed E-state index contributed by atoms with van der Waals surface area (Å²) in [4.78, 5) is 14.7. The predicted octanol–water partition coefficient (Wildman–Crippen LogP) is 1.26. The van der Waals surface area contributed by atoms with Gasteiger partial charge in [0.15, 0.2) is 5.69 Å². The monoisotopic (exact) mass is 227 g/mol.